The average Bonchev–Trinajstić information content (AvgIpc) is 2.94. The lowest BCUT2D eigenvalue weighted by molar-refractivity contribution is -0.131. The van der Waals surface area contributed by atoms with Crippen molar-refractivity contribution in [2.45, 2.75) is 51.9 Å². The quantitative estimate of drug-likeness (QED) is 0.801. The Kier molecular flexibility index (Phi) is 3.62. The van der Waals surface area contributed by atoms with Crippen LogP contribution >= 0.6 is 0 Å². The number of Topliss-reactive ketones (excluding diaryl/α,β-unsaturated/α-hetero) is 1. The monoisotopic (exact) mass is 316 g/mol. The van der Waals surface area contributed by atoms with E-state index in [2.05, 4.69) is 0 Å². The summed E-state index contributed by atoms with van der Waals surface area (Å²) in [5.41, 5.74) is 0.462. The van der Waals surface area contributed by atoms with Gasteiger partial charge in [0.15, 0.2) is 12.1 Å². The molecule has 0 bridgehead atoms. The minimum atomic E-state index is -0.977. The van der Waals surface area contributed by atoms with Gasteiger partial charge in [-0.2, -0.15) is 0 Å². The molecule has 0 aromatic heterocycles. The number of nitrogens with zero attached hydrogens (tertiary/aromatic N) is 2. The molecule has 23 heavy (non-hydrogen) atoms. The molecule has 1 saturated heterocycles. The Hall–Kier alpha value is -2.37. The van der Waals surface area contributed by atoms with Gasteiger partial charge in [0.2, 0.25) is 5.78 Å². The molecule has 0 unspecified atom stereocenters. The van der Waals surface area contributed by atoms with Crippen molar-refractivity contribution in [2.75, 3.05) is 0 Å². The van der Waals surface area contributed by atoms with Crippen LogP contribution in [-0.2, 0) is 4.79 Å². The fraction of sp³-hybridized carbons (Fsp3) is 0.471. The normalized spacial score (nSPS) is 24.0. The van der Waals surface area contributed by atoms with Gasteiger partial charge in [-0.05, 0) is 39.8 Å². The second-order valence-corrected chi connectivity index (χ2v) is 6.43. The van der Waals surface area contributed by atoms with Gasteiger partial charge in [0.05, 0.1) is 5.56 Å². The molecule has 0 N–H and O–H groups in total. The molecular weight excluding hydrogens is 296 g/mol. The molecule has 0 spiro atoms. The van der Waals surface area contributed by atoms with Crippen molar-refractivity contribution in [1.29, 1.82) is 0 Å². The molecule has 0 aliphatic carbocycles. The van der Waals surface area contributed by atoms with Gasteiger partial charge in [0.1, 0.15) is 5.75 Å². The highest BCUT2D eigenvalue weighted by molar-refractivity contribution is 6.12. The van der Waals surface area contributed by atoms with E-state index in [0.29, 0.717) is 11.3 Å². The summed E-state index contributed by atoms with van der Waals surface area (Å²) >= 11 is 0. The Morgan fingerprint density at radius 3 is 2.22 bits per heavy atom. The number of amides is 3. The second kappa shape index (κ2) is 5.37. The van der Waals surface area contributed by atoms with Crippen LogP contribution in [-0.4, -0.2) is 51.8 Å². The fourth-order valence-corrected chi connectivity index (χ4v) is 3.22. The van der Waals surface area contributed by atoms with Crippen LogP contribution in [0, 0.1) is 0 Å². The maximum Gasteiger partial charge on any atom is 0.328 e. The number of hydrogen-bond donors (Lipinski definition) is 0. The first-order valence-electron chi connectivity index (χ1n) is 7.80. The molecule has 1 aromatic rings. The van der Waals surface area contributed by atoms with Gasteiger partial charge < -0.3 is 9.64 Å². The minimum absolute atomic E-state index is 0.208. The van der Waals surface area contributed by atoms with Crippen LogP contribution in [0.3, 0.4) is 0 Å². The van der Waals surface area contributed by atoms with Crippen molar-refractivity contribution in [2.24, 2.45) is 0 Å². The van der Waals surface area contributed by atoms with E-state index in [0.717, 1.165) is 0 Å². The Morgan fingerprint density at radius 2 is 1.65 bits per heavy atom. The molecule has 0 radical (unpaired) electrons. The van der Waals surface area contributed by atoms with Gasteiger partial charge >= 0.3 is 6.03 Å². The molecule has 2 aliphatic rings. The number of fused-ring (bicyclic) bond motifs is 1. The summed E-state index contributed by atoms with van der Waals surface area (Å²) < 4.78 is 5.74. The minimum Gasteiger partial charge on any atom is -0.479 e. The van der Waals surface area contributed by atoms with Gasteiger partial charge in [-0.25, -0.2) is 4.79 Å². The van der Waals surface area contributed by atoms with Gasteiger partial charge in [0.25, 0.3) is 5.91 Å². The number of carbonyl (C=O) groups excluding carboxylic acids is 3. The average molecular weight is 316 g/mol. The largest absolute Gasteiger partial charge is 0.479 e. The van der Waals surface area contributed by atoms with Crippen molar-refractivity contribution in [3.8, 4) is 5.75 Å². The van der Waals surface area contributed by atoms with Gasteiger partial charge in [-0.15, -0.1) is 0 Å². The predicted molar refractivity (Wildman–Crippen MR) is 83.3 cm³/mol. The van der Waals surface area contributed by atoms with E-state index in [4.69, 9.17) is 4.74 Å². The number of hydrogen-bond acceptors (Lipinski definition) is 4. The molecule has 2 heterocycles. The Morgan fingerprint density at radius 1 is 1.00 bits per heavy atom. The highest BCUT2D eigenvalue weighted by Gasteiger charge is 2.55. The van der Waals surface area contributed by atoms with E-state index in [1.165, 1.54) is 9.80 Å². The van der Waals surface area contributed by atoms with Crippen LogP contribution < -0.4 is 4.74 Å². The Labute approximate surface area is 135 Å². The van der Waals surface area contributed by atoms with Crippen molar-refractivity contribution in [1.82, 2.24) is 9.80 Å². The summed E-state index contributed by atoms with van der Waals surface area (Å²) in [6, 6.07) is 5.16. The third-order valence-corrected chi connectivity index (χ3v) is 4.24. The Bertz CT molecular complexity index is 683. The van der Waals surface area contributed by atoms with E-state index in [1.807, 2.05) is 13.8 Å². The molecule has 6 nitrogen and oxygen atoms in total. The van der Waals surface area contributed by atoms with Crippen molar-refractivity contribution >= 4 is 17.7 Å². The highest BCUT2D eigenvalue weighted by atomic mass is 16.5. The lowest BCUT2D eigenvalue weighted by Gasteiger charge is -2.28. The molecule has 2 atom stereocenters. The maximum absolute atomic E-state index is 12.8. The number of ketones is 1. The highest BCUT2D eigenvalue weighted by Crippen LogP contribution is 2.35. The number of benzene rings is 1. The summed E-state index contributed by atoms with van der Waals surface area (Å²) in [4.78, 5) is 40.7. The molecule has 1 fully saturated rings. The van der Waals surface area contributed by atoms with E-state index >= 15 is 0 Å². The first-order valence-corrected chi connectivity index (χ1v) is 7.80. The number of carbonyl (C=O) groups is 3. The van der Waals surface area contributed by atoms with Crippen LogP contribution in [0.25, 0.3) is 0 Å². The predicted octanol–water partition coefficient (Wildman–Crippen LogP) is 2.08. The summed E-state index contributed by atoms with van der Waals surface area (Å²) in [5, 5.41) is 0. The molecule has 1 aromatic carbocycles. The van der Waals surface area contributed by atoms with E-state index in [-0.39, 0.29) is 29.8 Å². The second-order valence-electron chi connectivity index (χ2n) is 6.43. The van der Waals surface area contributed by atoms with Crippen LogP contribution in [0.15, 0.2) is 24.3 Å². The van der Waals surface area contributed by atoms with Crippen LogP contribution in [0.1, 0.15) is 38.1 Å². The number of para-hydroxylation sites is 1. The van der Waals surface area contributed by atoms with E-state index in [9.17, 15) is 14.4 Å². The topological polar surface area (TPSA) is 66.9 Å². The summed E-state index contributed by atoms with van der Waals surface area (Å²) in [6.45, 7) is 7.22. The third kappa shape index (κ3) is 2.20. The molecule has 122 valence electrons. The lowest BCUT2D eigenvalue weighted by Crippen LogP contribution is -2.51. The number of urea groups is 1. The summed E-state index contributed by atoms with van der Waals surface area (Å²) in [5.74, 6) is -0.151. The van der Waals surface area contributed by atoms with E-state index < -0.39 is 12.1 Å². The Balaban J connectivity index is 2.00. The standard InChI is InChI=1S/C17H20N2O4/c1-9(2)18-13(16(21)19(10(3)4)17(18)22)15-14(20)11-7-5-6-8-12(11)23-15/h5-10,13,15H,1-4H3/t13-,15+/m1/s1. The fourth-order valence-electron chi connectivity index (χ4n) is 3.22. The van der Waals surface area contributed by atoms with Crippen LogP contribution in [0.2, 0.25) is 0 Å². The third-order valence-electron chi connectivity index (χ3n) is 4.24. The summed E-state index contributed by atoms with van der Waals surface area (Å²) in [7, 11) is 0. The zero-order valence-corrected chi connectivity index (χ0v) is 13.6. The first-order chi connectivity index (χ1) is 10.8. The van der Waals surface area contributed by atoms with Gasteiger partial charge in [0, 0.05) is 12.1 Å². The zero-order chi connectivity index (χ0) is 16.9. The van der Waals surface area contributed by atoms with E-state index in [1.54, 1.807) is 38.1 Å². The van der Waals surface area contributed by atoms with Crippen LogP contribution in [0.5, 0.6) is 5.75 Å². The number of rotatable bonds is 3. The molecule has 6 heteroatoms. The molecule has 0 saturated carbocycles. The molecule has 2 aliphatic heterocycles. The maximum atomic E-state index is 12.8. The first kappa shape index (κ1) is 15.5. The zero-order valence-electron chi connectivity index (χ0n) is 13.6. The molecule has 3 amide bonds. The number of ether oxygens (including phenoxy) is 1. The summed E-state index contributed by atoms with van der Waals surface area (Å²) in [6.07, 6.45) is -0.977. The van der Waals surface area contributed by atoms with Crippen molar-refractivity contribution in [3.63, 3.8) is 0 Å². The smallest absolute Gasteiger partial charge is 0.328 e. The molecular formula is C17H20N2O4. The number of imide groups is 1. The van der Waals surface area contributed by atoms with Crippen molar-refractivity contribution in [3.05, 3.63) is 29.8 Å². The SMILES string of the molecule is CC(C)N1C(=O)[C@@H]([C@@H]2Oc3ccccc3C2=O)N(C(C)C)C1=O. The molecule has 3 rings (SSSR count). The van der Waals surface area contributed by atoms with Gasteiger partial charge in [-0.3, -0.25) is 14.5 Å². The van der Waals surface area contributed by atoms with Gasteiger partial charge in [-0.1, -0.05) is 12.1 Å². The van der Waals surface area contributed by atoms with Crippen molar-refractivity contribution < 1.29 is 19.1 Å². The van der Waals surface area contributed by atoms with Crippen LogP contribution in [0.4, 0.5) is 4.79 Å². The lowest BCUT2D eigenvalue weighted by atomic mass is 10.0.